The Morgan fingerprint density at radius 1 is 1.24 bits per heavy atom. The molecule has 0 spiro atoms. The van der Waals surface area contributed by atoms with Crippen LogP contribution in [0.2, 0.25) is 0 Å². The number of benzene rings is 1. The number of thioether (sulfide) groups is 1. The van der Waals surface area contributed by atoms with Gasteiger partial charge in [0.15, 0.2) is 0 Å². The first-order chi connectivity index (χ1) is 8.15. The smallest absolute Gasteiger partial charge is 0.313 e. The largest absolute Gasteiger partial charge is 0.481 e. The average molecular weight is 253 g/mol. The number of carbonyl (C=O) groups is 2. The molecule has 0 aliphatic carbocycles. The highest BCUT2D eigenvalue weighted by molar-refractivity contribution is 8.00. The second-order valence-electron chi connectivity index (χ2n) is 3.36. The zero-order valence-electron chi connectivity index (χ0n) is 9.63. The van der Waals surface area contributed by atoms with Crippen LogP contribution >= 0.6 is 11.8 Å². The molecule has 4 nitrogen and oxygen atoms in total. The molecule has 0 unspecified atom stereocenters. The highest BCUT2D eigenvalue weighted by Gasteiger charge is 2.13. The number of carboxylic acids is 1. The maximum Gasteiger partial charge on any atom is 0.313 e. The number of nitrogens with zero attached hydrogens (tertiary/aromatic N) is 1. The van der Waals surface area contributed by atoms with Crippen molar-refractivity contribution in [2.75, 3.05) is 23.0 Å². The van der Waals surface area contributed by atoms with Gasteiger partial charge in [0.25, 0.3) is 0 Å². The first kappa shape index (κ1) is 13.6. The van der Waals surface area contributed by atoms with Crippen LogP contribution in [-0.4, -0.2) is 35.0 Å². The molecular formula is C12H15NO3S. The van der Waals surface area contributed by atoms with Gasteiger partial charge in [0.05, 0.1) is 11.5 Å². The summed E-state index contributed by atoms with van der Waals surface area (Å²) in [5.41, 5.74) is 0.843. The van der Waals surface area contributed by atoms with E-state index < -0.39 is 5.97 Å². The zero-order valence-corrected chi connectivity index (χ0v) is 10.4. The highest BCUT2D eigenvalue weighted by Crippen LogP contribution is 2.14. The summed E-state index contributed by atoms with van der Waals surface area (Å²) in [7, 11) is 0. The molecule has 0 heterocycles. The van der Waals surface area contributed by atoms with Gasteiger partial charge in [-0.1, -0.05) is 18.2 Å². The lowest BCUT2D eigenvalue weighted by molar-refractivity contribution is -0.133. The van der Waals surface area contributed by atoms with Crippen molar-refractivity contribution >= 4 is 29.3 Å². The van der Waals surface area contributed by atoms with Crippen LogP contribution in [-0.2, 0) is 9.59 Å². The standard InChI is InChI=1S/C12H15NO3S/c1-2-13(10-6-4-3-5-7-10)11(14)8-17-9-12(15)16/h3-7H,2,8-9H2,1H3,(H,15,16). The van der Waals surface area contributed by atoms with Gasteiger partial charge in [-0.3, -0.25) is 9.59 Å². The van der Waals surface area contributed by atoms with E-state index in [4.69, 9.17) is 5.11 Å². The van der Waals surface area contributed by atoms with Gasteiger partial charge in [-0.25, -0.2) is 0 Å². The minimum atomic E-state index is -0.898. The van der Waals surface area contributed by atoms with Gasteiger partial charge < -0.3 is 10.0 Å². The molecule has 1 amide bonds. The average Bonchev–Trinajstić information content (AvgIpc) is 2.31. The Morgan fingerprint density at radius 2 is 1.88 bits per heavy atom. The number of amides is 1. The van der Waals surface area contributed by atoms with E-state index >= 15 is 0 Å². The Hall–Kier alpha value is -1.49. The molecule has 5 heteroatoms. The fraction of sp³-hybridized carbons (Fsp3) is 0.333. The monoisotopic (exact) mass is 253 g/mol. The third-order valence-electron chi connectivity index (χ3n) is 2.14. The number of carbonyl (C=O) groups excluding carboxylic acids is 1. The summed E-state index contributed by atoms with van der Waals surface area (Å²) in [6.07, 6.45) is 0. The number of hydrogen-bond donors (Lipinski definition) is 1. The molecule has 0 aliphatic heterocycles. The van der Waals surface area contributed by atoms with Crippen molar-refractivity contribution in [3.8, 4) is 0 Å². The van der Waals surface area contributed by atoms with Crippen LogP contribution in [0.1, 0.15) is 6.92 Å². The maximum atomic E-state index is 11.9. The van der Waals surface area contributed by atoms with Crippen LogP contribution < -0.4 is 4.90 Å². The van der Waals surface area contributed by atoms with Crippen molar-refractivity contribution in [3.05, 3.63) is 30.3 Å². The Bertz CT molecular complexity index is 381. The molecule has 0 aromatic heterocycles. The number of hydrogen-bond acceptors (Lipinski definition) is 3. The van der Waals surface area contributed by atoms with Gasteiger partial charge in [0.1, 0.15) is 0 Å². The minimum absolute atomic E-state index is 0.0436. The molecule has 1 aromatic carbocycles. The fourth-order valence-electron chi connectivity index (χ4n) is 1.41. The zero-order chi connectivity index (χ0) is 12.7. The van der Waals surface area contributed by atoms with Crippen LogP contribution in [0.15, 0.2) is 30.3 Å². The summed E-state index contributed by atoms with van der Waals surface area (Å²) in [6.45, 7) is 2.48. The number of rotatable bonds is 6. The summed E-state index contributed by atoms with van der Waals surface area (Å²) in [4.78, 5) is 23.9. The van der Waals surface area contributed by atoms with E-state index in [9.17, 15) is 9.59 Å². The third kappa shape index (κ3) is 4.48. The molecule has 92 valence electrons. The fourth-order valence-corrected chi connectivity index (χ4v) is 2.02. The van der Waals surface area contributed by atoms with E-state index in [1.165, 1.54) is 0 Å². The molecule has 1 N–H and O–H groups in total. The summed E-state index contributed by atoms with van der Waals surface area (Å²) in [6, 6.07) is 9.36. The van der Waals surface area contributed by atoms with Gasteiger partial charge in [-0.2, -0.15) is 0 Å². The summed E-state index contributed by atoms with van der Waals surface area (Å²) >= 11 is 1.12. The Balaban J connectivity index is 2.56. The van der Waals surface area contributed by atoms with Gasteiger partial charge in [0, 0.05) is 12.2 Å². The molecule has 0 atom stereocenters. The number of carboxylic acid groups (broad SMARTS) is 1. The molecule has 0 radical (unpaired) electrons. The second kappa shape index (κ2) is 6.96. The predicted octanol–water partition coefficient (Wildman–Crippen LogP) is 1.86. The predicted molar refractivity (Wildman–Crippen MR) is 69.4 cm³/mol. The van der Waals surface area contributed by atoms with Crippen molar-refractivity contribution in [3.63, 3.8) is 0 Å². The molecule has 1 rings (SSSR count). The lowest BCUT2D eigenvalue weighted by atomic mass is 10.3. The lowest BCUT2D eigenvalue weighted by Crippen LogP contribution is -2.32. The van der Waals surface area contributed by atoms with Crippen LogP contribution in [0.3, 0.4) is 0 Å². The number of aliphatic carboxylic acids is 1. The van der Waals surface area contributed by atoms with Crippen molar-refractivity contribution < 1.29 is 14.7 Å². The molecule has 0 bridgehead atoms. The Kier molecular flexibility index (Phi) is 5.56. The first-order valence-electron chi connectivity index (χ1n) is 5.30. The highest BCUT2D eigenvalue weighted by atomic mass is 32.2. The molecule has 1 aromatic rings. The topological polar surface area (TPSA) is 57.6 Å². The van der Waals surface area contributed by atoms with E-state index in [1.54, 1.807) is 4.90 Å². The second-order valence-corrected chi connectivity index (χ2v) is 4.35. The quantitative estimate of drug-likeness (QED) is 0.840. The molecular weight excluding hydrogens is 238 g/mol. The molecule has 0 saturated carbocycles. The molecule has 17 heavy (non-hydrogen) atoms. The summed E-state index contributed by atoms with van der Waals surface area (Å²) in [5.74, 6) is -0.817. The van der Waals surface area contributed by atoms with Crippen molar-refractivity contribution in [1.29, 1.82) is 0 Å². The summed E-state index contributed by atoms with van der Waals surface area (Å²) < 4.78 is 0. The Labute approximate surface area is 105 Å². The van der Waals surface area contributed by atoms with Crippen molar-refractivity contribution in [1.82, 2.24) is 0 Å². The molecule has 0 fully saturated rings. The van der Waals surface area contributed by atoms with E-state index in [2.05, 4.69) is 0 Å². The van der Waals surface area contributed by atoms with Crippen LogP contribution in [0.5, 0.6) is 0 Å². The van der Waals surface area contributed by atoms with Gasteiger partial charge in [-0.05, 0) is 19.1 Å². The molecule has 0 aliphatic rings. The number of para-hydroxylation sites is 1. The van der Waals surface area contributed by atoms with E-state index in [1.807, 2.05) is 37.3 Å². The van der Waals surface area contributed by atoms with E-state index in [0.717, 1.165) is 17.4 Å². The van der Waals surface area contributed by atoms with Crippen LogP contribution in [0, 0.1) is 0 Å². The van der Waals surface area contributed by atoms with Crippen molar-refractivity contribution in [2.24, 2.45) is 0 Å². The third-order valence-corrected chi connectivity index (χ3v) is 3.04. The van der Waals surface area contributed by atoms with Crippen molar-refractivity contribution in [2.45, 2.75) is 6.92 Å². The minimum Gasteiger partial charge on any atom is -0.481 e. The number of anilines is 1. The lowest BCUT2D eigenvalue weighted by Gasteiger charge is -2.20. The first-order valence-corrected chi connectivity index (χ1v) is 6.45. The SMILES string of the molecule is CCN(C(=O)CSCC(=O)O)c1ccccc1. The maximum absolute atomic E-state index is 11.9. The Morgan fingerprint density at radius 3 is 2.41 bits per heavy atom. The van der Waals surface area contributed by atoms with Crippen LogP contribution in [0.25, 0.3) is 0 Å². The normalized spacial score (nSPS) is 9.94. The van der Waals surface area contributed by atoms with E-state index in [-0.39, 0.29) is 17.4 Å². The van der Waals surface area contributed by atoms with Crippen LogP contribution in [0.4, 0.5) is 5.69 Å². The van der Waals surface area contributed by atoms with Gasteiger partial charge in [0.2, 0.25) is 5.91 Å². The summed E-state index contributed by atoms with van der Waals surface area (Å²) in [5, 5.41) is 8.49. The van der Waals surface area contributed by atoms with Gasteiger partial charge >= 0.3 is 5.97 Å². The van der Waals surface area contributed by atoms with E-state index in [0.29, 0.717) is 6.54 Å². The molecule has 0 saturated heterocycles. The van der Waals surface area contributed by atoms with Gasteiger partial charge in [-0.15, -0.1) is 11.8 Å².